The maximum atomic E-state index is 12.5. The van der Waals surface area contributed by atoms with Gasteiger partial charge in [0.25, 0.3) is 0 Å². The van der Waals surface area contributed by atoms with Gasteiger partial charge in [-0.05, 0) is 26.1 Å². The largest absolute Gasteiger partial charge is 0.332 e. The molecule has 1 aromatic heterocycles. The van der Waals surface area contributed by atoms with Crippen molar-refractivity contribution in [1.82, 2.24) is 14.8 Å². The predicted molar refractivity (Wildman–Crippen MR) is 94.8 cm³/mol. The number of hydrogen-bond acceptors (Lipinski definition) is 6. The van der Waals surface area contributed by atoms with Gasteiger partial charge in [0, 0.05) is 36.7 Å². The van der Waals surface area contributed by atoms with Crippen LogP contribution in [0.25, 0.3) is 0 Å². The minimum Gasteiger partial charge on any atom is -0.332 e. The van der Waals surface area contributed by atoms with Crippen LogP contribution in [0.4, 0.5) is 10.8 Å². The van der Waals surface area contributed by atoms with E-state index in [4.69, 9.17) is 0 Å². The number of thiazole rings is 1. The minimum absolute atomic E-state index is 0.115. The second-order valence-electron chi connectivity index (χ2n) is 5.92. The number of carbonyl (C=O) groups excluding carboxylic acids is 1. The summed E-state index contributed by atoms with van der Waals surface area (Å²) in [5.41, 5.74) is 1.59. The van der Waals surface area contributed by atoms with Crippen molar-refractivity contribution < 1.29 is 4.79 Å². The summed E-state index contributed by atoms with van der Waals surface area (Å²) in [6.45, 7) is 6.35. The molecule has 122 valence electrons. The van der Waals surface area contributed by atoms with Gasteiger partial charge in [-0.25, -0.2) is 4.98 Å². The molecular weight excluding hydrogens is 308 g/mol. The minimum atomic E-state index is 0.115. The van der Waals surface area contributed by atoms with E-state index < -0.39 is 0 Å². The van der Waals surface area contributed by atoms with Crippen LogP contribution in [-0.2, 0) is 0 Å². The molecule has 0 saturated carbocycles. The van der Waals surface area contributed by atoms with Gasteiger partial charge in [-0.3, -0.25) is 9.69 Å². The molecule has 0 aliphatic carbocycles. The molecule has 0 bridgehead atoms. The van der Waals surface area contributed by atoms with Crippen molar-refractivity contribution in [2.75, 3.05) is 45.1 Å². The normalized spacial score (nSPS) is 16.4. The zero-order chi connectivity index (χ0) is 16.2. The first-order valence-electron chi connectivity index (χ1n) is 7.85. The summed E-state index contributed by atoms with van der Waals surface area (Å²) >= 11 is 1.53. The molecule has 0 spiro atoms. The van der Waals surface area contributed by atoms with Gasteiger partial charge in [-0.15, -0.1) is 11.3 Å². The van der Waals surface area contributed by atoms with Crippen LogP contribution >= 0.6 is 11.3 Å². The number of para-hydroxylation sites is 1. The van der Waals surface area contributed by atoms with Gasteiger partial charge in [-0.2, -0.15) is 0 Å². The van der Waals surface area contributed by atoms with Crippen molar-refractivity contribution in [1.29, 1.82) is 0 Å². The number of carbonyl (C=O) groups is 1. The number of piperazine rings is 1. The molecule has 3 rings (SSSR count). The fourth-order valence-corrected chi connectivity index (χ4v) is 3.49. The molecule has 1 aliphatic rings. The van der Waals surface area contributed by atoms with E-state index in [1.165, 1.54) is 11.3 Å². The molecule has 0 amide bonds. The number of Topliss-reactive ketones (excluding diaryl/α,β-unsaturated/α-hetero) is 1. The van der Waals surface area contributed by atoms with Crippen molar-refractivity contribution in [2.45, 2.75) is 6.92 Å². The quantitative estimate of drug-likeness (QED) is 0.854. The number of hydrogen-bond donors (Lipinski definition) is 1. The number of anilines is 2. The third-order valence-electron chi connectivity index (χ3n) is 4.05. The number of aryl methyl sites for hydroxylation is 1. The van der Waals surface area contributed by atoms with Crippen LogP contribution in [0.1, 0.15) is 15.4 Å². The van der Waals surface area contributed by atoms with E-state index in [2.05, 4.69) is 27.1 Å². The second-order valence-corrected chi connectivity index (χ2v) is 7.12. The monoisotopic (exact) mass is 330 g/mol. The third kappa shape index (κ3) is 4.16. The Bertz CT molecular complexity index is 662. The Labute approximate surface area is 140 Å². The lowest BCUT2D eigenvalue weighted by atomic mass is 10.2. The summed E-state index contributed by atoms with van der Waals surface area (Å²) in [6.07, 6.45) is 0. The SMILES string of the molecule is Cc1sc(Nc2ccccc2)nc1C(=O)CN1CCN(C)CC1. The first-order valence-corrected chi connectivity index (χ1v) is 8.67. The van der Waals surface area contributed by atoms with E-state index in [1.807, 2.05) is 37.3 Å². The molecule has 1 aliphatic heterocycles. The topological polar surface area (TPSA) is 48.5 Å². The highest BCUT2D eigenvalue weighted by Gasteiger charge is 2.21. The Kier molecular flexibility index (Phi) is 5.05. The molecule has 1 saturated heterocycles. The maximum absolute atomic E-state index is 12.5. The summed E-state index contributed by atoms with van der Waals surface area (Å²) in [5, 5.41) is 4.04. The molecule has 1 fully saturated rings. The molecule has 6 heteroatoms. The van der Waals surface area contributed by atoms with Gasteiger partial charge in [-0.1, -0.05) is 18.2 Å². The van der Waals surface area contributed by atoms with E-state index in [9.17, 15) is 4.79 Å². The molecule has 0 atom stereocenters. The van der Waals surface area contributed by atoms with E-state index in [1.54, 1.807) is 0 Å². The van der Waals surface area contributed by atoms with Gasteiger partial charge < -0.3 is 10.2 Å². The first kappa shape index (κ1) is 16.1. The van der Waals surface area contributed by atoms with Gasteiger partial charge in [0.05, 0.1) is 6.54 Å². The summed E-state index contributed by atoms with van der Waals surface area (Å²) < 4.78 is 0. The molecule has 0 unspecified atom stereocenters. The lowest BCUT2D eigenvalue weighted by molar-refractivity contribution is 0.0872. The van der Waals surface area contributed by atoms with E-state index >= 15 is 0 Å². The molecule has 2 aromatic rings. The molecule has 2 heterocycles. The van der Waals surface area contributed by atoms with Gasteiger partial charge in [0.15, 0.2) is 10.9 Å². The van der Waals surface area contributed by atoms with Crippen LogP contribution in [0.15, 0.2) is 30.3 Å². The average molecular weight is 330 g/mol. The van der Waals surface area contributed by atoms with Crippen LogP contribution < -0.4 is 5.32 Å². The van der Waals surface area contributed by atoms with Gasteiger partial charge in [0.1, 0.15) is 5.69 Å². The fourth-order valence-electron chi connectivity index (χ4n) is 2.64. The summed E-state index contributed by atoms with van der Waals surface area (Å²) in [7, 11) is 2.12. The Morgan fingerprint density at radius 3 is 2.61 bits per heavy atom. The molecule has 1 N–H and O–H groups in total. The predicted octanol–water partition coefficient (Wildman–Crippen LogP) is 2.63. The number of rotatable bonds is 5. The Morgan fingerprint density at radius 1 is 1.22 bits per heavy atom. The number of aromatic nitrogens is 1. The zero-order valence-corrected chi connectivity index (χ0v) is 14.4. The summed E-state index contributed by atoms with van der Waals surface area (Å²) in [6, 6.07) is 9.90. The maximum Gasteiger partial charge on any atom is 0.196 e. The third-order valence-corrected chi connectivity index (χ3v) is 4.94. The summed E-state index contributed by atoms with van der Waals surface area (Å²) in [4.78, 5) is 22.5. The lowest BCUT2D eigenvalue weighted by Crippen LogP contribution is -2.46. The molecule has 1 aromatic carbocycles. The lowest BCUT2D eigenvalue weighted by Gasteiger charge is -2.31. The van der Waals surface area contributed by atoms with Crippen LogP contribution in [0.5, 0.6) is 0 Å². The van der Waals surface area contributed by atoms with Crippen LogP contribution in [0.2, 0.25) is 0 Å². The Balaban J connectivity index is 1.64. The number of ketones is 1. The molecule has 0 radical (unpaired) electrons. The van der Waals surface area contributed by atoms with E-state index in [-0.39, 0.29) is 5.78 Å². The van der Waals surface area contributed by atoms with E-state index in [0.29, 0.717) is 12.2 Å². The van der Waals surface area contributed by atoms with Crippen molar-refractivity contribution >= 4 is 27.9 Å². The average Bonchev–Trinajstić information content (AvgIpc) is 2.91. The zero-order valence-electron chi connectivity index (χ0n) is 13.6. The molecular formula is C17H22N4OS. The van der Waals surface area contributed by atoms with Crippen molar-refractivity contribution in [3.8, 4) is 0 Å². The first-order chi connectivity index (χ1) is 11.1. The fraction of sp³-hybridized carbons (Fsp3) is 0.412. The van der Waals surface area contributed by atoms with Crippen LogP contribution in [0.3, 0.4) is 0 Å². The Hall–Kier alpha value is -1.76. The number of nitrogens with zero attached hydrogens (tertiary/aromatic N) is 3. The van der Waals surface area contributed by atoms with E-state index in [0.717, 1.165) is 41.9 Å². The highest BCUT2D eigenvalue weighted by molar-refractivity contribution is 7.15. The van der Waals surface area contributed by atoms with Crippen molar-refractivity contribution in [2.24, 2.45) is 0 Å². The van der Waals surface area contributed by atoms with Gasteiger partial charge in [0.2, 0.25) is 0 Å². The van der Waals surface area contributed by atoms with Crippen molar-refractivity contribution in [3.05, 3.63) is 40.9 Å². The van der Waals surface area contributed by atoms with Gasteiger partial charge >= 0.3 is 0 Å². The molecule has 23 heavy (non-hydrogen) atoms. The van der Waals surface area contributed by atoms with Crippen molar-refractivity contribution in [3.63, 3.8) is 0 Å². The second kappa shape index (κ2) is 7.21. The Morgan fingerprint density at radius 2 is 1.91 bits per heavy atom. The smallest absolute Gasteiger partial charge is 0.196 e. The summed E-state index contributed by atoms with van der Waals surface area (Å²) in [5.74, 6) is 0.115. The number of nitrogens with one attached hydrogen (secondary N) is 1. The highest BCUT2D eigenvalue weighted by Crippen LogP contribution is 2.25. The van der Waals surface area contributed by atoms with Crippen LogP contribution in [0, 0.1) is 6.92 Å². The highest BCUT2D eigenvalue weighted by atomic mass is 32.1. The number of likely N-dealkylation sites (N-methyl/N-ethyl adjacent to an activating group) is 1. The molecule has 5 nitrogen and oxygen atoms in total. The standard InChI is InChI=1S/C17H22N4OS/c1-13-16(15(22)12-21-10-8-20(2)9-11-21)19-17(23-13)18-14-6-4-3-5-7-14/h3-7H,8-12H2,1-2H3,(H,18,19). The number of benzene rings is 1. The van der Waals surface area contributed by atoms with Crippen LogP contribution in [-0.4, -0.2) is 60.3 Å².